The van der Waals surface area contributed by atoms with Gasteiger partial charge in [0.1, 0.15) is 0 Å². The number of para-hydroxylation sites is 1. The van der Waals surface area contributed by atoms with Crippen molar-refractivity contribution in [1.82, 2.24) is 0 Å². The highest BCUT2D eigenvalue weighted by molar-refractivity contribution is 5.89. The summed E-state index contributed by atoms with van der Waals surface area (Å²) in [5.74, 6) is -1.07. The number of nitro benzene ring substituents is 1. The summed E-state index contributed by atoms with van der Waals surface area (Å²) in [7, 11) is 0. The highest BCUT2D eigenvalue weighted by Crippen LogP contribution is 2.35. The molecule has 0 aromatic heterocycles. The number of nitrogens with two attached hydrogens (primary N) is 1. The van der Waals surface area contributed by atoms with Crippen molar-refractivity contribution in [2.24, 2.45) is 5.73 Å². The maximum Gasteiger partial charge on any atom is 0.276 e. The minimum absolute atomic E-state index is 0.149. The van der Waals surface area contributed by atoms with Crippen LogP contribution < -0.4 is 5.73 Å². The van der Waals surface area contributed by atoms with Crippen molar-refractivity contribution in [1.29, 1.82) is 0 Å². The van der Waals surface area contributed by atoms with E-state index in [4.69, 9.17) is 5.73 Å². The van der Waals surface area contributed by atoms with Gasteiger partial charge in [0.05, 0.1) is 10.5 Å². The van der Waals surface area contributed by atoms with E-state index in [0.29, 0.717) is 0 Å². The van der Waals surface area contributed by atoms with E-state index in [1.54, 1.807) is 18.2 Å². The molecule has 2 rings (SSSR count). The molecule has 0 radical (unpaired) electrons. The molecule has 102 valence electrons. The fourth-order valence-electron chi connectivity index (χ4n) is 2.05. The topological polar surface area (TPSA) is 106 Å². The molecule has 0 aliphatic rings. The minimum atomic E-state index is -2.25. The third-order valence-electron chi connectivity index (χ3n) is 3.04. The number of rotatable bonds is 4. The zero-order valence-corrected chi connectivity index (χ0v) is 10.4. The quantitative estimate of drug-likeness (QED) is 0.646. The minimum Gasteiger partial charge on any atom is -0.372 e. The molecule has 1 unspecified atom stereocenters. The Kier molecular flexibility index (Phi) is 3.49. The average Bonchev–Trinajstić information content (AvgIpc) is 2.47. The maximum absolute atomic E-state index is 11.7. The standard InChI is InChI=1S/C14H12N2O4/c15-13(17)14(18,10-6-2-1-3-7-10)11-8-4-5-9-12(11)16(19)20/h1-9,18H,(H2,15,17). The monoisotopic (exact) mass is 272 g/mol. The second kappa shape index (κ2) is 5.10. The van der Waals surface area contributed by atoms with Crippen molar-refractivity contribution in [2.75, 3.05) is 0 Å². The zero-order valence-electron chi connectivity index (χ0n) is 10.4. The van der Waals surface area contributed by atoms with Crippen LogP contribution in [0.3, 0.4) is 0 Å². The van der Waals surface area contributed by atoms with Crippen LogP contribution in [0.1, 0.15) is 11.1 Å². The van der Waals surface area contributed by atoms with Gasteiger partial charge in [-0.05, 0) is 11.6 Å². The Morgan fingerprint density at radius 2 is 1.65 bits per heavy atom. The molecule has 6 nitrogen and oxygen atoms in total. The number of nitrogens with zero attached hydrogens (tertiary/aromatic N) is 1. The normalized spacial score (nSPS) is 13.4. The van der Waals surface area contributed by atoms with E-state index < -0.39 is 16.4 Å². The van der Waals surface area contributed by atoms with E-state index in [0.717, 1.165) is 0 Å². The fraction of sp³-hybridized carbons (Fsp3) is 0.0714. The summed E-state index contributed by atoms with van der Waals surface area (Å²) in [6.45, 7) is 0. The van der Waals surface area contributed by atoms with Crippen LogP contribution in [0.2, 0.25) is 0 Å². The maximum atomic E-state index is 11.7. The molecule has 1 atom stereocenters. The van der Waals surface area contributed by atoms with Gasteiger partial charge in [-0.3, -0.25) is 14.9 Å². The predicted octanol–water partition coefficient (Wildman–Crippen LogP) is 1.32. The van der Waals surface area contributed by atoms with Crippen LogP contribution in [0.4, 0.5) is 5.69 Å². The molecule has 3 N–H and O–H groups in total. The first-order valence-electron chi connectivity index (χ1n) is 5.79. The van der Waals surface area contributed by atoms with Crippen LogP contribution >= 0.6 is 0 Å². The molecule has 1 amide bonds. The molecule has 0 heterocycles. The van der Waals surface area contributed by atoms with Crippen LogP contribution in [-0.4, -0.2) is 15.9 Å². The summed E-state index contributed by atoms with van der Waals surface area (Å²) >= 11 is 0. The van der Waals surface area contributed by atoms with E-state index in [-0.39, 0.29) is 16.8 Å². The Morgan fingerprint density at radius 1 is 1.10 bits per heavy atom. The second-order valence-corrected chi connectivity index (χ2v) is 4.21. The number of benzene rings is 2. The third kappa shape index (κ3) is 2.12. The molecule has 2 aromatic rings. The van der Waals surface area contributed by atoms with E-state index in [1.807, 2.05) is 0 Å². The fourth-order valence-corrected chi connectivity index (χ4v) is 2.05. The van der Waals surface area contributed by atoms with Gasteiger partial charge in [-0.1, -0.05) is 42.5 Å². The largest absolute Gasteiger partial charge is 0.372 e. The zero-order chi connectivity index (χ0) is 14.8. The molecule has 0 spiro atoms. The summed E-state index contributed by atoms with van der Waals surface area (Å²) in [5.41, 5.74) is 2.72. The van der Waals surface area contributed by atoms with Crippen molar-refractivity contribution in [3.63, 3.8) is 0 Å². The Labute approximate surface area is 114 Å². The van der Waals surface area contributed by atoms with Crippen molar-refractivity contribution in [3.8, 4) is 0 Å². The summed E-state index contributed by atoms with van der Waals surface area (Å²) in [5, 5.41) is 21.7. The first kappa shape index (κ1) is 13.7. The second-order valence-electron chi connectivity index (χ2n) is 4.21. The van der Waals surface area contributed by atoms with Crippen molar-refractivity contribution < 1.29 is 14.8 Å². The van der Waals surface area contributed by atoms with Gasteiger partial charge in [-0.25, -0.2) is 0 Å². The van der Waals surface area contributed by atoms with Gasteiger partial charge in [0.2, 0.25) is 5.60 Å². The summed E-state index contributed by atoms with van der Waals surface area (Å²) in [6, 6.07) is 13.4. The first-order valence-corrected chi connectivity index (χ1v) is 5.79. The van der Waals surface area contributed by atoms with Crippen LogP contribution in [0.15, 0.2) is 54.6 Å². The number of hydrogen-bond donors (Lipinski definition) is 2. The summed E-state index contributed by atoms with van der Waals surface area (Å²) in [6.07, 6.45) is 0. The number of carbonyl (C=O) groups is 1. The molecule has 0 fully saturated rings. The number of carbonyl (C=O) groups excluding carboxylic acids is 1. The number of amides is 1. The molecule has 20 heavy (non-hydrogen) atoms. The van der Waals surface area contributed by atoms with Crippen LogP contribution in [0.5, 0.6) is 0 Å². The van der Waals surface area contributed by atoms with Gasteiger partial charge >= 0.3 is 0 Å². The average molecular weight is 272 g/mol. The lowest BCUT2D eigenvalue weighted by molar-refractivity contribution is -0.386. The molecule has 6 heteroatoms. The van der Waals surface area contributed by atoms with Crippen LogP contribution in [0, 0.1) is 10.1 Å². The SMILES string of the molecule is NC(=O)C(O)(c1ccccc1)c1ccccc1[N+](=O)[O-]. The molecular formula is C14H12N2O4. The van der Waals surface area contributed by atoms with Gasteiger partial charge in [-0.2, -0.15) is 0 Å². The van der Waals surface area contributed by atoms with Gasteiger partial charge in [0.15, 0.2) is 0 Å². The van der Waals surface area contributed by atoms with Gasteiger partial charge < -0.3 is 10.8 Å². The van der Waals surface area contributed by atoms with Crippen molar-refractivity contribution >= 4 is 11.6 Å². The lowest BCUT2D eigenvalue weighted by atomic mass is 9.84. The molecule has 0 saturated heterocycles. The molecule has 0 aliphatic carbocycles. The number of primary amides is 1. The summed E-state index contributed by atoms with van der Waals surface area (Å²) < 4.78 is 0. The predicted molar refractivity (Wildman–Crippen MR) is 71.7 cm³/mol. The lowest BCUT2D eigenvalue weighted by Gasteiger charge is -2.25. The van der Waals surface area contributed by atoms with Crippen molar-refractivity contribution in [3.05, 3.63) is 75.8 Å². The number of aliphatic hydroxyl groups is 1. The Bertz CT molecular complexity index is 657. The Balaban J connectivity index is 2.73. The van der Waals surface area contributed by atoms with Gasteiger partial charge in [0.25, 0.3) is 11.6 Å². The molecule has 2 aromatic carbocycles. The van der Waals surface area contributed by atoms with Crippen LogP contribution in [0.25, 0.3) is 0 Å². The lowest BCUT2D eigenvalue weighted by Crippen LogP contribution is -2.42. The van der Waals surface area contributed by atoms with Gasteiger partial charge in [0, 0.05) is 6.07 Å². The highest BCUT2D eigenvalue weighted by Gasteiger charge is 2.42. The third-order valence-corrected chi connectivity index (χ3v) is 3.04. The Morgan fingerprint density at radius 3 is 2.20 bits per heavy atom. The van der Waals surface area contributed by atoms with Gasteiger partial charge in [-0.15, -0.1) is 0 Å². The van der Waals surface area contributed by atoms with E-state index in [2.05, 4.69) is 0 Å². The summed E-state index contributed by atoms with van der Waals surface area (Å²) in [4.78, 5) is 22.2. The molecule has 0 bridgehead atoms. The van der Waals surface area contributed by atoms with E-state index in [1.165, 1.54) is 36.4 Å². The smallest absolute Gasteiger partial charge is 0.276 e. The highest BCUT2D eigenvalue weighted by atomic mass is 16.6. The number of nitro groups is 1. The van der Waals surface area contributed by atoms with E-state index >= 15 is 0 Å². The molecule has 0 aliphatic heterocycles. The Hall–Kier alpha value is -2.73. The number of hydrogen-bond acceptors (Lipinski definition) is 4. The van der Waals surface area contributed by atoms with Crippen LogP contribution in [-0.2, 0) is 10.4 Å². The molecule has 0 saturated carbocycles. The van der Waals surface area contributed by atoms with E-state index in [9.17, 15) is 20.0 Å². The molecular weight excluding hydrogens is 260 g/mol. The van der Waals surface area contributed by atoms with Crippen molar-refractivity contribution in [2.45, 2.75) is 5.60 Å². The first-order chi connectivity index (χ1) is 9.48.